The van der Waals surface area contributed by atoms with Crippen LogP contribution in [0.1, 0.15) is 39.5 Å². The third-order valence-corrected chi connectivity index (χ3v) is 3.86. The average Bonchev–Trinajstić information content (AvgIpc) is 2.42. The number of hydrogen-bond donors (Lipinski definition) is 2. The largest absolute Gasteiger partial charge is 0.391 e. The fraction of sp³-hybridized carbons (Fsp3) is 0.769. The molecule has 112 valence electrons. The van der Waals surface area contributed by atoms with E-state index in [1.165, 1.54) is 0 Å². The topological polar surface area (TPSA) is 74.2 Å². The van der Waals surface area contributed by atoms with Crippen LogP contribution < -0.4 is 10.2 Å². The summed E-state index contributed by atoms with van der Waals surface area (Å²) in [5.74, 6) is 1.01. The van der Waals surface area contributed by atoms with Crippen molar-refractivity contribution in [3.8, 4) is 0 Å². The van der Waals surface area contributed by atoms with E-state index in [2.05, 4.69) is 20.3 Å². The van der Waals surface area contributed by atoms with Gasteiger partial charge in [0.25, 0.3) is 0 Å². The zero-order chi connectivity index (χ0) is 14.5. The number of rotatable bonds is 5. The summed E-state index contributed by atoms with van der Waals surface area (Å²) in [5, 5.41) is 13.4. The molecule has 2 atom stereocenters. The van der Waals surface area contributed by atoms with Gasteiger partial charge in [-0.25, -0.2) is 0 Å². The van der Waals surface area contributed by atoms with Crippen LogP contribution in [0.3, 0.4) is 0 Å². The van der Waals surface area contributed by atoms with Gasteiger partial charge in [-0.3, -0.25) is 0 Å². The van der Waals surface area contributed by atoms with Crippen molar-refractivity contribution in [2.45, 2.75) is 51.7 Å². The van der Waals surface area contributed by atoms with Crippen molar-refractivity contribution in [2.24, 2.45) is 0 Å². The van der Waals surface area contributed by atoms with Crippen molar-refractivity contribution in [1.29, 1.82) is 0 Å². The fourth-order valence-electron chi connectivity index (χ4n) is 2.50. The quantitative estimate of drug-likeness (QED) is 0.867. The van der Waals surface area contributed by atoms with Crippen LogP contribution in [0.5, 0.6) is 0 Å². The van der Waals surface area contributed by atoms with Gasteiger partial charge >= 0.3 is 0 Å². The predicted molar refractivity (Wildman–Crippen MR) is 80.3 cm³/mol. The third kappa shape index (κ3) is 3.70. The summed E-state index contributed by atoms with van der Waals surface area (Å²) in [4.78, 5) is 14.7. The Morgan fingerprint density at radius 1 is 1.20 bits per heavy atom. The van der Waals surface area contributed by atoms with Gasteiger partial charge in [0.15, 0.2) is 0 Å². The van der Waals surface area contributed by atoms with Gasteiger partial charge in [0.1, 0.15) is 0 Å². The predicted octanol–water partition coefficient (Wildman–Crippen LogP) is 2.09. The fourth-order valence-corrected chi connectivity index (χ4v) is 2.65. The monoisotopic (exact) mass is 299 g/mol. The minimum atomic E-state index is -0.351. The van der Waals surface area contributed by atoms with Crippen molar-refractivity contribution in [3.05, 3.63) is 5.28 Å². The van der Waals surface area contributed by atoms with Crippen LogP contribution in [-0.2, 0) is 0 Å². The van der Waals surface area contributed by atoms with Crippen LogP contribution in [0, 0.1) is 0 Å². The highest BCUT2D eigenvalue weighted by Crippen LogP contribution is 2.22. The molecule has 0 aromatic carbocycles. The van der Waals surface area contributed by atoms with E-state index in [9.17, 15) is 5.11 Å². The number of aliphatic hydroxyl groups excluding tert-OH is 1. The Morgan fingerprint density at radius 2 is 1.90 bits per heavy atom. The van der Waals surface area contributed by atoms with E-state index in [1.807, 2.05) is 18.7 Å². The number of halogens is 1. The van der Waals surface area contributed by atoms with Crippen molar-refractivity contribution < 1.29 is 5.11 Å². The summed E-state index contributed by atoms with van der Waals surface area (Å²) < 4.78 is 0. The summed E-state index contributed by atoms with van der Waals surface area (Å²) in [6.45, 7) is 5.70. The lowest BCUT2D eigenvalue weighted by Gasteiger charge is -2.28. The van der Waals surface area contributed by atoms with E-state index in [0.717, 1.165) is 38.8 Å². The van der Waals surface area contributed by atoms with Gasteiger partial charge in [-0.05, 0) is 38.3 Å². The summed E-state index contributed by atoms with van der Waals surface area (Å²) in [6, 6.07) is -0.00762. The molecule has 0 saturated heterocycles. The first-order valence-electron chi connectivity index (χ1n) is 7.25. The molecule has 1 aromatic rings. The Balaban J connectivity index is 2.14. The van der Waals surface area contributed by atoms with Crippen LogP contribution in [0.25, 0.3) is 0 Å². The Labute approximate surface area is 124 Å². The van der Waals surface area contributed by atoms with Crippen LogP contribution in [0.4, 0.5) is 11.9 Å². The summed E-state index contributed by atoms with van der Waals surface area (Å²) >= 11 is 5.97. The minimum Gasteiger partial charge on any atom is -0.391 e. The first-order chi connectivity index (χ1) is 9.63. The SMILES string of the molecule is CCN(CC)c1nc(Cl)nc(NC2CCCCC2O)n1. The number of nitrogens with one attached hydrogen (secondary N) is 1. The van der Waals surface area contributed by atoms with Gasteiger partial charge in [0, 0.05) is 13.1 Å². The van der Waals surface area contributed by atoms with Gasteiger partial charge in [-0.15, -0.1) is 0 Å². The maximum atomic E-state index is 9.99. The van der Waals surface area contributed by atoms with Gasteiger partial charge in [0.2, 0.25) is 17.2 Å². The molecule has 2 rings (SSSR count). The molecular weight excluding hydrogens is 278 g/mol. The number of anilines is 2. The van der Waals surface area contributed by atoms with Crippen molar-refractivity contribution in [2.75, 3.05) is 23.3 Å². The van der Waals surface area contributed by atoms with E-state index in [1.54, 1.807) is 0 Å². The Hall–Kier alpha value is -1.14. The Kier molecular flexibility index (Phi) is 5.37. The van der Waals surface area contributed by atoms with E-state index >= 15 is 0 Å². The lowest BCUT2D eigenvalue weighted by molar-refractivity contribution is 0.116. The molecule has 7 heteroatoms. The molecule has 1 heterocycles. The molecule has 6 nitrogen and oxygen atoms in total. The molecule has 0 radical (unpaired) electrons. The Morgan fingerprint density at radius 3 is 2.55 bits per heavy atom. The van der Waals surface area contributed by atoms with Crippen LogP contribution in [0.15, 0.2) is 0 Å². The maximum absolute atomic E-state index is 9.99. The molecular formula is C13H22ClN5O. The zero-order valence-electron chi connectivity index (χ0n) is 12.0. The Bertz CT molecular complexity index is 441. The van der Waals surface area contributed by atoms with Crippen LogP contribution in [0.2, 0.25) is 5.28 Å². The highest BCUT2D eigenvalue weighted by Gasteiger charge is 2.24. The second kappa shape index (κ2) is 7.04. The molecule has 2 N–H and O–H groups in total. The zero-order valence-corrected chi connectivity index (χ0v) is 12.8. The first kappa shape index (κ1) is 15.3. The molecule has 1 aromatic heterocycles. The average molecular weight is 300 g/mol. The highest BCUT2D eigenvalue weighted by atomic mass is 35.5. The lowest BCUT2D eigenvalue weighted by Crippen LogP contribution is -2.37. The summed E-state index contributed by atoms with van der Waals surface area (Å²) in [7, 11) is 0. The standard InChI is InChI=1S/C13H22ClN5O/c1-3-19(4-2)13-17-11(14)16-12(18-13)15-9-7-5-6-8-10(9)20/h9-10,20H,3-8H2,1-2H3,(H,15,16,17,18). The van der Waals surface area contributed by atoms with Gasteiger partial charge in [-0.2, -0.15) is 15.0 Å². The third-order valence-electron chi connectivity index (χ3n) is 3.69. The first-order valence-corrected chi connectivity index (χ1v) is 7.63. The maximum Gasteiger partial charge on any atom is 0.231 e. The summed E-state index contributed by atoms with van der Waals surface area (Å²) in [6.07, 6.45) is 3.57. The van der Waals surface area contributed by atoms with Crippen LogP contribution in [-0.4, -0.2) is 45.3 Å². The molecule has 1 aliphatic rings. The molecule has 20 heavy (non-hydrogen) atoms. The number of aliphatic hydroxyl groups is 1. The molecule has 0 aliphatic heterocycles. The van der Waals surface area contributed by atoms with E-state index in [4.69, 9.17) is 11.6 Å². The van der Waals surface area contributed by atoms with Crippen molar-refractivity contribution in [3.63, 3.8) is 0 Å². The van der Waals surface area contributed by atoms with Gasteiger partial charge in [-0.1, -0.05) is 12.8 Å². The lowest BCUT2D eigenvalue weighted by atomic mass is 9.93. The van der Waals surface area contributed by atoms with Gasteiger partial charge in [0.05, 0.1) is 12.1 Å². The highest BCUT2D eigenvalue weighted by molar-refractivity contribution is 6.28. The second-order valence-corrected chi connectivity index (χ2v) is 5.34. The van der Waals surface area contributed by atoms with E-state index in [0.29, 0.717) is 11.9 Å². The molecule has 1 fully saturated rings. The normalized spacial score (nSPS) is 22.6. The van der Waals surface area contributed by atoms with Gasteiger partial charge < -0.3 is 15.3 Å². The number of hydrogen-bond acceptors (Lipinski definition) is 6. The van der Waals surface area contributed by atoms with Crippen molar-refractivity contribution in [1.82, 2.24) is 15.0 Å². The number of nitrogens with zero attached hydrogens (tertiary/aromatic N) is 4. The second-order valence-electron chi connectivity index (χ2n) is 5.00. The molecule has 0 amide bonds. The smallest absolute Gasteiger partial charge is 0.231 e. The van der Waals surface area contributed by atoms with Crippen molar-refractivity contribution >= 4 is 23.5 Å². The van der Waals surface area contributed by atoms with Crippen LogP contribution >= 0.6 is 11.6 Å². The minimum absolute atomic E-state index is 0.00762. The summed E-state index contributed by atoms with van der Waals surface area (Å²) in [5.41, 5.74) is 0. The molecule has 0 spiro atoms. The number of aromatic nitrogens is 3. The molecule has 1 aliphatic carbocycles. The van der Waals surface area contributed by atoms with E-state index in [-0.39, 0.29) is 17.4 Å². The molecule has 1 saturated carbocycles. The molecule has 2 unspecified atom stereocenters. The molecule has 0 bridgehead atoms. The van der Waals surface area contributed by atoms with E-state index < -0.39 is 0 Å².